The smallest absolute Gasteiger partial charge is 0.328 e. The SMILES string of the molecule is COC(=O)[C@H](Cc1ccccc1)NC(=O)NCc1cccc(-c2ccc([C@@H]3O[C@H](CN(C)CCc4ccccn4)[C@H](C)[C@H](c4ccc(CO)cc4)O3)cc2)c1. The van der Waals surface area contributed by atoms with E-state index in [2.05, 4.69) is 52.7 Å². The molecule has 1 aromatic heterocycles. The minimum atomic E-state index is -0.812. The van der Waals surface area contributed by atoms with Gasteiger partial charge in [0.25, 0.3) is 0 Å². The molecule has 0 aliphatic carbocycles. The number of carbonyl (C=O) groups is 2. The number of methoxy groups -OCH3 is 1. The first-order valence-corrected chi connectivity index (χ1v) is 18.7. The number of aliphatic hydroxyl groups is 1. The Morgan fingerprint density at radius 3 is 2.27 bits per heavy atom. The number of nitrogens with one attached hydrogen (secondary N) is 2. The zero-order valence-corrected chi connectivity index (χ0v) is 31.6. The van der Waals surface area contributed by atoms with Crippen molar-refractivity contribution in [2.45, 2.75) is 57.5 Å². The normalized spacial score (nSPS) is 18.7. The van der Waals surface area contributed by atoms with Crippen molar-refractivity contribution in [1.82, 2.24) is 20.5 Å². The van der Waals surface area contributed by atoms with Crippen molar-refractivity contribution in [2.24, 2.45) is 5.92 Å². The lowest BCUT2D eigenvalue weighted by atomic mass is 9.90. The van der Waals surface area contributed by atoms with Gasteiger partial charge in [-0.3, -0.25) is 4.98 Å². The van der Waals surface area contributed by atoms with Gasteiger partial charge in [0, 0.05) is 55.8 Å². The van der Waals surface area contributed by atoms with Crippen LogP contribution in [0.2, 0.25) is 0 Å². The number of rotatable bonds is 15. The Balaban J connectivity index is 1.11. The zero-order chi connectivity index (χ0) is 38.6. The number of esters is 1. The maximum atomic E-state index is 12.8. The molecule has 286 valence electrons. The number of nitrogens with zero attached hydrogens (tertiary/aromatic N) is 2. The standard InChI is InChI=1S/C45H50N4O6/c1-31-41(29-49(2)25-23-39-14-7-8-24-46-39)54-44(55-42(31)36-17-15-33(30-50)16-18-36)37-21-19-35(20-22-37)38-13-9-12-34(26-38)28-47-45(52)48-40(43(51)53-3)27-32-10-5-4-6-11-32/h4-22,24,26,31,40-42,44,50H,23,25,27-30H2,1-3H3,(H2,47,48,52)/t31-,40-,41+,42+,44+/m0/s1. The van der Waals surface area contributed by atoms with E-state index in [4.69, 9.17) is 14.2 Å². The van der Waals surface area contributed by atoms with Gasteiger partial charge in [-0.05, 0) is 58.6 Å². The second-order valence-corrected chi connectivity index (χ2v) is 14.1. The van der Waals surface area contributed by atoms with Gasteiger partial charge in [-0.2, -0.15) is 0 Å². The van der Waals surface area contributed by atoms with E-state index in [-0.39, 0.29) is 31.3 Å². The van der Waals surface area contributed by atoms with E-state index in [0.717, 1.165) is 64.1 Å². The molecule has 0 radical (unpaired) electrons. The lowest BCUT2D eigenvalue weighted by Crippen LogP contribution is -2.47. The number of ether oxygens (including phenoxy) is 3. The summed E-state index contributed by atoms with van der Waals surface area (Å²) in [5.41, 5.74) is 7.71. The highest BCUT2D eigenvalue weighted by atomic mass is 16.7. The number of hydrogen-bond donors (Lipinski definition) is 3. The van der Waals surface area contributed by atoms with Crippen LogP contribution in [0.25, 0.3) is 11.1 Å². The van der Waals surface area contributed by atoms with Crippen molar-refractivity contribution in [2.75, 3.05) is 27.2 Å². The van der Waals surface area contributed by atoms with Crippen LogP contribution in [0.1, 0.15) is 52.8 Å². The molecular weight excluding hydrogens is 693 g/mol. The summed E-state index contributed by atoms with van der Waals surface area (Å²) in [6.07, 6.45) is 2.12. The van der Waals surface area contributed by atoms with Crippen LogP contribution in [0.5, 0.6) is 0 Å². The molecule has 5 atom stereocenters. The van der Waals surface area contributed by atoms with Gasteiger partial charge in [0.2, 0.25) is 0 Å². The average Bonchev–Trinajstić information content (AvgIpc) is 3.23. The lowest BCUT2D eigenvalue weighted by molar-refractivity contribution is -0.275. The van der Waals surface area contributed by atoms with E-state index in [1.807, 2.05) is 109 Å². The number of aliphatic hydroxyl groups excluding tert-OH is 1. The topological polar surface area (TPSA) is 122 Å². The molecule has 1 fully saturated rings. The monoisotopic (exact) mass is 742 g/mol. The Labute approximate surface area is 323 Å². The van der Waals surface area contributed by atoms with E-state index in [1.165, 1.54) is 7.11 Å². The largest absolute Gasteiger partial charge is 0.467 e. The molecule has 3 N–H and O–H groups in total. The van der Waals surface area contributed by atoms with E-state index < -0.39 is 24.3 Å². The van der Waals surface area contributed by atoms with E-state index >= 15 is 0 Å². The highest BCUT2D eigenvalue weighted by molar-refractivity contribution is 5.83. The summed E-state index contributed by atoms with van der Waals surface area (Å²) < 4.78 is 18.3. The second-order valence-electron chi connectivity index (χ2n) is 14.1. The summed E-state index contributed by atoms with van der Waals surface area (Å²) in [4.78, 5) is 32.0. The number of likely N-dealkylation sites (N-methyl/N-ethyl adjacent to an activating group) is 1. The predicted octanol–water partition coefficient (Wildman–Crippen LogP) is 6.79. The quantitative estimate of drug-likeness (QED) is 0.100. The molecule has 0 saturated carbocycles. The van der Waals surface area contributed by atoms with Crippen molar-refractivity contribution in [3.8, 4) is 11.1 Å². The Morgan fingerprint density at radius 2 is 1.56 bits per heavy atom. The summed E-state index contributed by atoms with van der Waals surface area (Å²) in [6, 6.07) is 38.4. The molecular formula is C45H50N4O6. The fourth-order valence-corrected chi connectivity index (χ4v) is 6.85. The van der Waals surface area contributed by atoms with Crippen LogP contribution in [0.15, 0.2) is 128 Å². The van der Waals surface area contributed by atoms with Crippen LogP contribution in [-0.4, -0.2) is 66.4 Å². The molecule has 10 heteroatoms. The highest BCUT2D eigenvalue weighted by Crippen LogP contribution is 2.42. The van der Waals surface area contributed by atoms with Gasteiger partial charge in [0.15, 0.2) is 6.29 Å². The first kappa shape index (κ1) is 39.3. The minimum absolute atomic E-state index is 0.00938. The fraction of sp³-hybridized carbons (Fsp3) is 0.311. The number of aromatic nitrogens is 1. The summed E-state index contributed by atoms with van der Waals surface area (Å²) >= 11 is 0. The summed E-state index contributed by atoms with van der Waals surface area (Å²) in [6.45, 7) is 4.02. The highest BCUT2D eigenvalue weighted by Gasteiger charge is 2.38. The maximum Gasteiger partial charge on any atom is 0.328 e. The van der Waals surface area contributed by atoms with Crippen molar-refractivity contribution < 1.29 is 28.9 Å². The first-order valence-electron chi connectivity index (χ1n) is 18.7. The van der Waals surface area contributed by atoms with Gasteiger partial charge < -0.3 is 34.9 Å². The molecule has 0 bridgehead atoms. The van der Waals surface area contributed by atoms with Gasteiger partial charge in [-0.1, -0.05) is 110 Å². The van der Waals surface area contributed by atoms with Gasteiger partial charge in [0.05, 0.1) is 25.9 Å². The first-order chi connectivity index (χ1) is 26.8. The van der Waals surface area contributed by atoms with Crippen LogP contribution in [0.4, 0.5) is 4.79 Å². The lowest BCUT2D eigenvalue weighted by Gasteiger charge is -2.42. The Morgan fingerprint density at radius 1 is 0.836 bits per heavy atom. The van der Waals surface area contributed by atoms with Gasteiger partial charge >= 0.3 is 12.0 Å². The molecule has 1 aliphatic rings. The molecule has 5 aromatic rings. The van der Waals surface area contributed by atoms with Crippen LogP contribution >= 0.6 is 0 Å². The van der Waals surface area contributed by atoms with E-state index in [9.17, 15) is 14.7 Å². The molecule has 1 aliphatic heterocycles. The molecule has 10 nitrogen and oxygen atoms in total. The maximum absolute atomic E-state index is 12.8. The fourth-order valence-electron chi connectivity index (χ4n) is 6.85. The zero-order valence-electron chi connectivity index (χ0n) is 31.6. The summed E-state index contributed by atoms with van der Waals surface area (Å²) in [7, 11) is 3.43. The molecule has 4 aromatic carbocycles. The number of hydrogen-bond acceptors (Lipinski definition) is 8. The number of urea groups is 1. The third-order valence-electron chi connectivity index (χ3n) is 10.1. The van der Waals surface area contributed by atoms with Gasteiger partial charge in [-0.25, -0.2) is 9.59 Å². The predicted molar refractivity (Wildman–Crippen MR) is 212 cm³/mol. The second kappa shape index (κ2) is 19.3. The summed E-state index contributed by atoms with van der Waals surface area (Å²) in [5, 5.41) is 15.3. The minimum Gasteiger partial charge on any atom is -0.467 e. The van der Waals surface area contributed by atoms with Crippen LogP contribution < -0.4 is 10.6 Å². The molecule has 6 rings (SSSR count). The van der Waals surface area contributed by atoms with Crippen molar-refractivity contribution in [1.29, 1.82) is 0 Å². The average molecular weight is 743 g/mol. The van der Waals surface area contributed by atoms with Gasteiger partial charge in [-0.15, -0.1) is 0 Å². The molecule has 2 amide bonds. The Kier molecular flexibility index (Phi) is 13.8. The summed E-state index contributed by atoms with van der Waals surface area (Å²) in [5.74, 6) is -0.434. The van der Waals surface area contributed by atoms with Crippen LogP contribution in [-0.2, 0) is 45.0 Å². The number of amides is 2. The van der Waals surface area contributed by atoms with Crippen molar-refractivity contribution >= 4 is 12.0 Å². The van der Waals surface area contributed by atoms with E-state index in [0.29, 0.717) is 6.42 Å². The van der Waals surface area contributed by atoms with Crippen molar-refractivity contribution in [3.63, 3.8) is 0 Å². The molecule has 55 heavy (non-hydrogen) atoms. The number of pyridine rings is 1. The molecule has 1 saturated heterocycles. The number of carbonyl (C=O) groups excluding carboxylic acids is 2. The molecule has 0 spiro atoms. The van der Waals surface area contributed by atoms with Crippen LogP contribution in [0, 0.1) is 5.92 Å². The van der Waals surface area contributed by atoms with E-state index in [1.54, 1.807) is 0 Å². The Hall–Kier alpha value is -5.39. The number of benzene rings is 4. The van der Waals surface area contributed by atoms with Crippen LogP contribution in [0.3, 0.4) is 0 Å². The van der Waals surface area contributed by atoms with Gasteiger partial charge in [0.1, 0.15) is 6.04 Å². The van der Waals surface area contributed by atoms with Crippen molar-refractivity contribution in [3.05, 3.63) is 161 Å². The third-order valence-corrected chi connectivity index (χ3v) is 10.1. The third kappa shape index (κ3) is 10.9. The molecule has 2 heterocycles. The Bertz CT molecular complexity index is 1960. The molecule has 0 unspecified atom stereocenters.